The zero-order valence-electron chi connectivity index (χ0n) is 18.3. The highest BCUT2D eigenvalue weighted by molar-refractivity contribution is 7.10. The van der Waals surface area contributed by atoms with Gasteiger partial charge in [0.15, 0.2) is 11.5 Å². The number of nitrogens with one attached hydrogen (secondary N) is 2. The van der Waals surface area contributed by atoms with Crippen molar-refractivity contribution in [3.63, 3.8) is 0 Å². The molecule has 0 aliphatic heterocycles. The normalized spacial score (nSPS) is 11.0. The van der Waals surface area contributed by atoms with E-state index in [2.05, 4.69) is 10.6 Å². The number of amides is 2. The van der Waals surface area contributed by atoms with Crippen LogP contribution in [0.15, 0.2) is 65.7 Å². The quantitative estimate of drug-likeness (QED) is 0.479. The molecule has 3 aromatic rings. The molecule has 6 nitrogen and oxygen atoms in total. The Balaban J connectivity index is 1.67. The molecule has 2 N–H and O–H groups in total. The lowest BCUT2D eigenvalue weighted by Crippen LogP contribution is -2.35. The highest BCUT2D eigenvalue weighted by Crippen LogP contribution is 2.27. The number of aryl methyl sites for hydroxylation is 1. The van der Waals surface area contributed by atoms with Crippen LogP contribution in [0.1, 0.15) is 26.4 Å². The first-order valence-corrected chi connectivity index (χ1v) is 11.0. The van der Waals surface area contributed by atoms with E-state index in [0.29, 0.717) is 30.0 Å². The Morgan fingerprint density at radius 1 is 1.00 bits per heavy atom. The fraction of sp³-hybridized carbons (Fsp3) is 0.200. The van der Waals surface area contributed by atoms with Gasteiger partial charge in [0, 0.05) is 17.0 Å². The van der Waals surface area contributed by atoms with Crippen LogP contribution in [0.4, 0.5) is 0 Å². The molecule has 0 aliphatic carbocycles. The smallest absolute Gasteiger partial charge is 0.267 e. The van der Waals surface area contributed by atoms with Gasteiger partial charge in [-0.25, -0.2) is 0 Å². The minimum Gasteiger partial charge on any atom is -0.493 e. The molecule has 2 aromatic carbocycles. The van der Waals surface area contributed by atoms with Crippen LogP contribution in [0.25, 0.3) is 6.08 Å². The number of carbonyl (C=O) groups is 2. The molecule has 0 atom stereocenters. The van der Waals surface area contributed by atoms with E-state index in [-0.39, 0.29) is 17.5 Å². The van der Waals surface area contributed by atoms with Crippen LogP contribution in [0, 0.1) is 6.92 Å². The molecule has 7 heteroatoms. The van der Waals surface area contributed by atoms with Gasteiger partial charge in [0.2, 0.25) is 0 Å². The Bertz CT molecular complexity index is 1090. The average Bonchev–Trinajstić information content (AvgIpc) is 3.32. The zero-order valence-corrected chi connectivity index (χ0v) is 19.1. The molecule has 3 rings (SSSR count). The number of methoxy groups -OCH3 is 2. The van der Waals surface area contributed by atoms with Crippen molar-refractivity contribution in [1.82, 2.24) is 10.6 Å². The van der Waals surface area contributed by atoms with E-state index in [0.717, 1.165) is 16.0 Å². The predicted octanol–water partition coefficient (Wildman–Crippen LogP) is 4.20. The van der Waals surface area contributed by atoms with Crippen LogP contribution in [-0.4, -0.2) is 32.6 Å². The second kappa shape index (κ2) is 11.2. The van der Waals surface area contributed by atoms with Gasteiger partial charge in [-0.2, -0.15) is 0 Å². The Morgan fingerprint density at radius 2 is 1.75 bits per heavy atom. The molecule has 166 valence electrons. The summed E-state index contributed by atoms with van der Waals surface area (Å²) in [6, 6.07) is 16.6. The molecule has 0 aliphatic rings. The van der Waals surface area contributed by atoms with Crippen molar-refractivity contribution >= 4 is 29.2 Å². The summed E-state index contributed by atoms with van der Waals surface area (Å²) in [5.41, 5.74) is 2.75. The first kappa shape index (κ1) is 23.1. The summed E-state index contributed by atoms with van der Waals surface area (Å²) < 4.78 is 10.6. The molecule has 32 heavy (non-hydrogen) atoms. The van der Waals surface area contributed by atoms with Crippen molar-refractivity contribution in [2.75, 3.05) is 20.8 Å². The number of carbonyl (C=O) groups excluding carboxylic acids is 2. The van der Waals surface area contributed by atoms with Gasteiger partial charge in [-0.3, -0.25) is 9.59 Å². The average molecular weight is 451 g/mol. The van der Waals surface area contributed by atoms with Gasteiger partial charge in [0.05, 0.1) is 14.2 Å². The molecule has 1 aromatic heterocycles. The van der Waals surface area contributed by atoms with Crippen LogP contribution >= 0.6 is 11.3 Å². The van der Waals surface area contributed by atoms with Crippen molar-refractivity contribution in [1.29, 1.82) is 0 Å². The summed E-state index contributed by atoms with van der Waals surface area (Å²) in [6.07, 6.45) is 2.28. The highest BCUT2D eigenvalue weighted by atomic mass is 32.1. The van der Waals surface area contributed by atoms with Gasteiger partial charge in [-0.15, -0.1) is 11.3 Å². The molecule has 0 unspecified atom stereocenters. The number of hydrogen-bond donors (Lipinski definition) is 2. The van der Waals surface area contributed by atoms with E-state index in [4.69, 9.17) is 9.47 Å². The largest absolute Gasteiger partial charge is 0.493 e. The molecule has 1 heterocycles. The van der Waals surface area contributed by atoms with Gasteiger partial charge >= 0.3 is 0 Å². The second-order valence-electron chi connectivity index (χ2n) is 7.09. The molecule has 0 radical (unpaired) electrons. The van der Waals surface area contributed by atoms with Crippen LogP contribution in [-0.2, 0) is 11.2 Å². The number of ether oxygens (including phenoxy) is 2. The molecule has 0 spiro atoms. The van der Waals surface area contributed by atoms with E-state index in [1.807, 2.05) is 54.8 Å². The maximum absolute atomic E-state index is 12.9. The Morgan fingerprint density at radius 3 is 2.41 bits per heavy atom. The number of rotatable bonds is 9. The summed E-state index contributed by atoms with van der Waals surface area (Å²) in [5.74, 6) is 0.613. The minimum atomic E-state index is -0.348. The molecule has 0 saturated heterocycles. The van der Waals surface area contributed by atoms with Crippen LogP contribution in [0.3, 0.4) is 0 Å². The van der Waals surface area contributed by atoms with Gasteiger partial charge in [0.25, 0.3) is 11.8 Å². The molecule has 0 saturated carbocycles. The minimum absolute atomic E-state index is 0.199. The third kappa shape index (κ3) is 6.21. The third-order valence-electron chi connectivity index (χ3n) is 4.78. The Kier molecular flexibility index (Phi) is 8.05. The number of benzene rings is 2. The lowest BCUT2D eigenvalue weighted by atomic mass is 10.1. The second-order valence-corrected chi connectivity index (χ2v) is 8.07. The van der Waals surface area contributed by atoms with Crippen LogP contribution < -0.4 is 20.1 Å². The summed E-state index contributed by atoms with van der Waals surface area (Å²) in [4.78, 5) is 26.4. The van der Waals surface area contributed by atoms with Gasteiger partial charge in [-0.05, 0) is 60.7 Å². The monoisotopic (exact) mass is 450 g/mol. The first-order valence-electron chi connectivity index (χ1n) is 10.1. The van der Waals surface area contributed by atoms with E-state index >= 15 is 0 Å². The van der Waals surface area contributed by atoms with Crippen LogP contribution in [0.2, 0.25) is 0 Å². The Hall–Kier alpha value is -3.58. The van der Waals surface area contributed by atoms with E-state index in [9.17, 15) is 9.59 Å². The Labute approximate surface area is 191 Å². The molecule has 0 bridgehead atoms. The topological polar surface area (TPSA) is 76.7 Å². The standard InChI is InChI=1S/C25H26N2O4S/c1-17-6-9-19(10-7-17)24(28)27-21(16-20-5-4-14-32-20)25(29)26-13-12-18-8-11-22(30-2)23(15-18)31-3/h4-11,14-16H,12-13H2,1-3H3,(H,26,29)(H,27,28)/b21-16-. The maximum Gasteiger partial charge on any atom is 0.267 e. The van der Waals surface area contributed by atoms with E-state index < -0.39 is 0 Å². The van der Waals surface area contributed by atoms with Gasteiger partial charge in [-0.1, -0.05) is 29.8 Å². The highest BCUT2D eigenvalue weighted by Gasteiger charge is 2.15. The lowest BCUT2D eigenvalue weighted by molar-refractivity contribution is -0.117. The van der Waals surface area contributed by atoms with Crippen molar-refractivity contribution in [2.24, 2.45) is 0 Å². The fourth-order valence-corrected chi connectivity index (χ4v) is 3.68. The zero-order chi connectivity index (χ0) is 22.9. The maximum atomic E-state index is 12.9. The fourth-order valence-electron chi connectivity index (χ4n) is 3.03. The number of hydrogen-bond acceptors (Lipinski definition) is 5. The van der Waals surface area contributed by atoms with Crippen molar-refractivity contribution in [3.05, 3.63) is 87.2 Å². The molecule has 2 amide bonds. The van der Waals surface area contributed by atoms with Gasteiger partial charge < -0.3 is 20.1 Å². The first-order chi connectivity index (χ1) is 15.5. The third-order valence-corrected chi connectivity index (χ3v) is 5.60. The molecular formula is C25H26N2O4S. The van der Waals surface area contributed by atoms with Crippen LogP contribution in [0.5, 0.6) is 11.5 Å². The lowest BCUT2D eigenvalue weighted by Gasteiger charge is -2.12. The predicted molar refractivity (Wildman–Crippen MR) is 127 cm³/mol. The summed E-state index contributed by atoms with van der Waals surface area (Å²) in [5, 5.41) is 7.56. The SMILES string of the molecule is COc1ccc(CCNC(=O)/C(=C/c2cccs2)NC(=O)c2ccc(C)cc2)cc1OC. The molecular weight excluding hydrogens is 424 g/mol. The van der Waals surface area contributed by atoms with E-state index in [1.54, 1.807) is 32.4 Å². The van der Waals surface area contributed by atoms with Crippen molar-refractivity contribution < 1.29 is 19.1 Å². The number of thiophene rings is 1. The summed E-state index contributed by atoms with van der Waals surface area (Å²) >= 11 is 1.49. The molecule has 0 fully saturated rings. The van der Waals surface area contributed by atoms with Crippen molar-refractivity contribution in [3.8, 4) is 11.5 Å². The van der Waals surface area contributed by atoms with E-state index in [1.165, 1.54) is 11.3 Å². The summed E-state index contributed by atoms with van der Waals surface area (Å²) in [7, 11) is 3.17. The summed E-state index contributed by atoms with van der Waals surface area (Å²) in [6.45, 7) is 2.35. The van der Waals surface area contributed by atoms with Gasteiger partial charge in [0.1, 0.15) is 5.70 Å². The van der Waals surface area contributed by atoms with Crippen molar-refractivity contribution in [2.45, 2.75) is 13.3 Å².